The number of nitrogens with one attached hydrogen (secondary N) is 1. The molecule has 4 rings (SSSR count). The summed E-state index contributed by atoms with van der Waals surface area (Å²) in [5, 5.41) is 3.01. The molecule has 4 atom stereocenters. The van der Waals surface area contributed by atoms with Crippen molar-refractivity contribution in [3.05, 3.63) is 36.0 Å². The molecule has 2 aromatic heterocycles. The van der Waals surface area contributed by atoms with Crippen molar-refractivity contribution in [2.24, 2.45) is 0 Å². The molecule has 196 valence electrons. The van der Waals surface area contributed by atoms with Crippen LogP contribution in [-0.2, 0) is 18.9 Å². The maximum absolute atomic E-state index is 12.5. The Morgan fingerprint density at radius 1 is 1.25 bits per heavy atom. The maximum atomic E-state index is 12.5. The van der Waals surface area contributed by atoms with Crippen LogP contribution in [-0.4, -0.2) is 65.5 Å². The highest BCUT2D eigenvalue weighted by Crippen LogP contribution is 2.31. The molecular formula is C27H37N3O6. The van der Waals surface area contributed by atoms with Gasteiger partial charge in [0.25, 0.3) is 0 Å². The summed E-state index contributed by atoms with van der Waals surface area (Å²) < 4.78 is 29.0. The van der Waals surface area contributed by atoms with Crippen LogP contribution in [0.5, 0.6) is 5.88 Å². The number of hydrogen-bond acceptors (Lipinski definition) is 8. The number of rotatable bonds is 6. The summed E-state index contributed by atoms with van der Waals surface area (Å²) in [5.74, 6) is -0.0830. The molecule has 1 amide bonds. The molecule has 2 aliphatic heterocycles. The van der Waals surface area contributed by atoms with Crippen LogP contribution >= 0.6 is 0 Å². The van der Waals surface area contributed by atoms with Crippen molar-refractivity contribution in [2.75, 3.05) is 13.7 Å². The lowest BCUT2D eigenvalue weighted by Gasteiger charge is -2.37. The van der Waals surface area contributed by atoms with Gasteiger partial charge in [0, 0.05) is 24.2 Å². The third-order valence-corrected chi connectivity index (χ3v) is 6.11. The minimum Gasteiger partial charge on any atom is -0.481 e. The first-order chi connectivity index (χ1) is 17.0. The normalized spacial score (nSPS) is 26.3. The number of alkyl carbamates (subject to hydrolysis) is 1. The van der Waals surface area contributed by atoms with Crippen LogP contribution in [0, 0.1) is 0 Å². The number of nitrogens with zero attached hydrogens (tertiary/aromatic N) is 2. The molecule has 36 heavy (non-hydrogen) atoms. The Bertz CT molecular complexity index is 1100. The van der Waals surface area contributed by atoms with E-state index in [1.54, 1.807) is 19.4 Å². The summed E-state index contributed by atoms with van der Waals surface area (Å²) in [4.78, 5) is 21.5. The Morgan fingerprint density at radius 3 is 2.75 bits per heavy atom. The van der Waals surface area contributed by atoms with E-state index in [4.69, 9.17) is 23.7 Å². The van der Waals surface area contributed by atoms with Gasteiger partial charge < -0.3 is 29.0 Å². The Morgan fingerprint density at radius 2 is 2.06 bits per heavy atom. The van der Waals surface area contributed by atoms with Gasteiger partial charge in [-0.2, -0.15) is 0 Å². The molecule has 0 aliphatic carbocycles. The van der Waals surface area contributed by atoms with Crippen molar-refractivity contribution in [3.8, 4) is 5.88 Å². The van der Waals surface area contributed by atoms with Crippen molar-refractivity contribution in [3.63, 3.8) is 0 Å². The molecule has 1 unspecified atom stereocenters. The SMILES string of the molecule is COc1ccc2nccc(C=C[C@@H]3CC[C@@H](NC(=O)OC(C)(C)C)[C@@H](CC4COC(C)(C)O4)O3)c2n1. The van der Waals surface area contributed by atoms with Crippen molar-refractivity contribution in [1.82, 2.24) is 15.3 Å². The average Bonchev–Trinajstić information content (AvgIpc) is 3.15. The van der Waals surface area contributed by atoms with E-state index in [2.05, 4.69) is 15.3 Å². The summed E-state index contributed by atoms with van der Waals surface area (Å²) in [6.45, 7) is 9.84. The van der Waals surface area contributed by atoms with Crippen LogP contribution in [0.25, 0.3) is 17.1 Å². The zero-order valence-electron chi connectivity index (χ0n) is 21.9. The van der Waals surface area contributed by atoms with Crippen molar-refractivity contribution < 1.29 is 28.5 Å². The molecule has 9 nitrogen and oxygen atoms in total. The number of ether oxygens (including phenoxy) is 5. The fraction of sp³-hybridized carbons (Fsp3) is 0.593. The topological polar surface area (TPSA) is 101 Å². The van der Waals surface area contributed by atoms with Crippen molar-refractivity contribution in [1.29, 1.82) is 0 Å². The average molecular weight is 500 g/mol. The van der Waals surface area contributed by atoms with Crippen molar-refractivity contribution >= 4 is 23.2 Å². The zero-order chi connectivity index (χ0) is 25.9. The van der Waals surface area contributed by atoms with E-state index in [0.29, 0.717) is 18.9 Å². The predicted octanol–water partition coefficient (Wildman–Crippen LogP) is 4.63. The largest absolute Gasteiger partial charge is 0.481 e. The van der Waals surface area contributed by atoms with E-state index in [-0.39, 0.29) is 24.4 Å². The second-order valence-corrected chi connectivity index (χ2v) is 10.7. The van der Waals surface area contributed by atoms with E-state index in [1.807, 2.05) is 58.9 Å². The van der Waals surface area contributed by atoms with Gasteiger partial charge in [0.2, 0.25) is 5.88 Å². The zero-order valence-corrected chi connectivity index (χ0v) is 21.9. The molecule has 0 saturated carbocycles. The lowest BCUT2D eigenvalue weighted by atomic mass is 9.94. The Balaban J connectivity index is 1.48. The summed E-state index contributed by atoms with van der Waals surface area (Å²) in [6.07, 6.45) is 6.98. The van der Waals surface area contributed by atoms with Gasteiger partial charge in [-0.05, 0) is 59.6 Å². The van der Waals surface area contributed by atoms with E-state index < -0.39 is 17.5 Å². The monoisotopic (exact) mass is 499 g/mol. The number of hydrogen-bond donors (Lipinski definition) is 1. The third-order valence-electron chi connectivity index (χ3n) is 6.11. The molecule has 0 aromatic carbocycles. The highest BCUT2D eigenvalue weighted by atomic mass is 16.7. The summed E-state index contributed by atoms with van der Waals surface area (Å²) in [6, 6.07) is 5.42. The lowest BCUT2D eigenvalue weighted by molar-refractivity contribution is -0.146. The fourth-order valence-corrected chi connectivity index (χ4v) is 4.53. The van der Waals surface area contributed by atoms with Crippen LogP contribution in [0.4, 0.5) is 4.79 Å². The Hall–Kier alpha value is -2.75. The molecule has 2 saturated heterocycles. The van der Waals surface area contributed by atoms with Gasteiger partial charge in [0.15, 0.2) is 5.79 Å². The van der Waals surface area contributed by atoms with Crippen LogP contribution in [0.3, 0.4) is 0 Å². The van der Waals surface area contributed by atoms with Crippen molar-refractivity contribution in [2.45, 2.75) is 89.6 Å². The molecule has 2 aromatic rings. The van der Waals surface area contributed by atoms with Crippen LogP contribution < -0.4 is 10.1 Å². The van der Waals surface area contributed by atoms with Gasteiger partial charge in [-0.1, -0.05) is 12.2 Å². The summed E-state index contributed by atoms with van der Waals surface area (Å²) in [7, 11) is 1.60. The fourth-order valence-electron chi connectivity index (χ4n) is 4.53. The Labute approximate surface area is 212 Å². The minimum atomic E-state index is -0.622. The molecule has 0 spiro atoms. The first-order valence-corrected chi connectivity index (χ1v) is 12.5. The Kier molecular flexibility index (Phi) is 7.82. The van der Waals surface area contributed by atoms with E-state index >= 15 is 0 Å². The number of carbonyl (C=O) groups excluding carboxylic acids is 1. The standard InChI is InChI=1S/C27H37N3O6/c1-26(2,3)36-25(31)29-20-10-9-18(34-22(20)15-19-16-33-27(4,5)35-19)8-7-17-13-14-28-21-11-12-23(32-6)30-24(17)21/h7-8,11-14,18-20,22H,9-10,15-16H2,1-6H3,(H,29,31)/t18-,19?,20-,22-/m1/s1. The van der Waals surface area contributed by atoms with Crippen LogP contribution in [0.2, 0.25) is 0 Å². The number of amides is 1. The molecule has 9 heteroatoms. The van der Waals surface area contributed by atoms with Crippen LogP contribution in [0.1, 0.15) is 59.4 Å². The second-order valence-electron chi connectivity index (χ2n) is 10.7. The molecule has 2 aliphatic rings. The minimum absolute atomic E-state index is 0.114. The first kappa shape index (κ1) is 26.3. The maximum Gasteiger partial charge on any atom is 0.407 e. The first-order valence-electron chi connectivity index (χ1n) is 12.5. The smallest absolute Gasteiger partial charge is 0.407 e. The number of carbonyl (C=O) groups is 1. The number of pyridine rings is 2. The van der Waals surface area contributed by atoms with E-state index in [9.17, 15) is 4.79 Å². The van der Waals surface area contributed by atoms with Gasteiger partial charge in [-0.3, -0.25) is 4.98 Å². The third kappa shape index (κ3) is 6.93. The predicted molar refractivity (Wildman–Crippen MR) is 136 cm³/mol. The summed E-state index contributed by atoms with van der Waals surface area (Å²) in [5.41, 5.74) is 1.92. The molecular weight excluding hydrogens is 462 g/mol. The van der Waals surface area contributed by atoms with Crippen LogP contribution in [0.15, 0.2) is 30.5 Å². The van der Waals surface area contributed by atoms with Gasteiger partial charge >= 0.3 is 6.09 Å². The highest BCUT2D eigenvalue weighted by molar-refractivity contribution is 5.84. The molecule has 0 bridgehead atoms. The number of fused-ring (bicyclic) bond motifs is 1. The number of aromatic nitrogens is 2. The van der Waals surface area contributed by atoms with Gasteiger partial charge in [0.05, 0.1) is 49.1 Å². The molecule has 1 N–H and O–H groups in total. The highest BCUT2D eigenvalue weighted by Gasteiger charge is 2.39. The van der Waals surface area contributed by atoms with Gasteiger partial charge in [-0.15, -0.1) is 0 Å². The lowest BCUT2D eigenvalue weighted by Crippen LogP contribution is -2.51. The second kappa shape index (κ2) is 10.7. The van der Waals surface area contributed by atoms with E-state index in [1.165, 1.54) is 0 Å². The number of methoxy groups -OCH3 is 1. The van der Waals surface area contributed by atoms with Gasteiger partial charge in [0.1, 0.15) is 5.60 Å². The quantitative estimate of drug-likeness (QED) is 0.614. The molecule has 4 heterocycles. The van der Waals surface area contributed by atoms with E-state index in [0.717, 1.165) is 29.4 Å². The molecule has 2 fully saturated rings. The van der Waals surface area contributed by atoms with Gasteiger partial charge in [-0.25, -0.2) is 9.78 Å². The summed E-state index contributed by atoms with van der Waals surface area (Å²) >= 11 is 0. The molecule has 0 radical (unpaired) electrons.